The van der Waals surface area contributed by atoms with Gasteiger partial charge in [0.2, 0.25) is 0 Å². The monoisotopic (exact) mass is 243 g/mol. The SMILES string of the molecule is O=C(NC(CO)CO)c1cccc(CCl)c1. The van der Waals surface area contributed by atoms with Crippen LogP contribution in [0.3, 0.4) is 0 Å². The Balaban J connectivity index is 2.72. The van der Waals surface area contributed by atoms with Gasteiger partial charge in [-0.1, -0.05) is 12.1 Å². The summed E-state index contributed by atoms with van der Waals surface area (Å²) in [4.78, 5) is 11.7. The summed E-state index contributed by atoms with van der Waals surface area (Å²) in [6.45, 7) is -0.588. The minimum Gasteiger partial charge on any atom is -0.394 e. The number of hydrogen-bond donors (Lipinski definition) is 3. The zero-order chi connectivity index (χ0) is 12.0. The van der Waals surface area contributed by atoms with E-state index in [4.69, 9.17) is 21.8 Å². The van der Waals surface area contributed by atoms with Crippen LogP contribution in [0.5, 0.6) is 0 Å². The Morgan fingerprint density at radius 1 is 1.38 bits per heavy atom. The van der Waals surface area contributed by atoms with Gasteiger partial charge in [-0.25, -0.2) is 0 Å². The third kappa shape index (κ3) is 3.48. The van der Waals surface area contributed by atoms with E-state index in [-0.39, 0.29) is 19.1 Å². The van der Waals surface area contributed by atoms with E-state index in [0.717, 1.165) is 5.56 Å². The van der Waals surface area contributed by atoms with Crippen LogP contribution >= 0.6 is 11.6 Å². The molecule has 4 nitrogen and oxygen atoms in total. The first-order valence-corrected chi connectivity index (χ1v) is 5.42. The molecule has 1 amide bonds. The summed E-state index contributed by atoms with van der Waals surface area (Å²) < 4.78 is 0. The van der Waals surface area contributed by atoms with Gasteiger partial charge in [0.25, 0.3) is 5.91 Å². The summed E-state index contributed by atoms with van der Waals surface area (Å²) >= 11 is 5.65. The largest absolute Gasteiger partial charge is 0.394 e. The molecule has 0 spiro atoms. The van der Waals surface area contributed by atoms with Crippen molar-refractivity contribution in [3.8, 4) is 0 Å². The summed E-state index contributed by atoms with van der Waals surface area (Å²) in [5.74, 6) is 0.00457. The van der Waals surface area contributed by atoms with Gasteiger partial charge in [-0.05, 0) is 17.7 Å². The van der Waals surface area contributed by atoms with E-state index in [1.54, 1.807) is 18.2 Å². The van der Waals surface area contributed by atoms with Crippen molar-refractivity contribution in [2.24, 2.45) is 0 Å². The average Bonchev–Trinajstić information content (AvgIpc) is 2.35. The number of alkyl halides is 1. The minimum absolute atomic E-state index is 0.294. The number of carbonyl (C=O) groups excluding carboxylic acids is 1. The Morgan fingerprint density at radius 2 is 2.06 bits per heavy atom. The highest BCUT2D eigenvalue weighted by atomic mass is 35.5. The average molecular weight is 244 g/mol. The highest BCUT2D eigenvalue weighted by Crippen LogP contribution is 2.07. The molecule has 3 N–H and O–H groups in total. The van der Waals surface area contributed by atoms with E-state index in [1.807, 2.05) is 6.07 Å². The van der Waals surface area contributed by atoms with Crippen LogP contribution in [0.2, 0.25) is 0 Å². The molecular weight excluding hydrogens is 230 g/mol. The van der Waals surface area contributed by atoms with Gasteiger partial charge in [0, 0.05) is 11.4 Å². The molecule has 0 fully saturated rings. The second-order valence-electron chi connectivity index (χ2n) is 3.37. The predicted octanol–water partition coefficient (Wildman–Crippen LogP) is 0.508. The number of amides is 1. The van der Waals surface area contributed by atoms with Gasteiger partial charge in [-0.15, -0.1) is 11.6 Å². The molecule has 0 aromatic heterocycles. The quantitative estimate of drug-likeness (QED) is 0.660. The Kier molecular flexibility index (Phi) is 5.25. The molecule has 0 aliphatic heterocycles. The van der Waals surface area contributed by atoms with Gasteiger partial charge in [-0.3, -0.25) is 4.79 Å². The Morgan fingerprint density at radius 3 is 2.62 bits per heavy atom. The number of nitrogens with one attached hydrogen (secondary N) is 1. The number of aliphatic hydroxyl groups is 2. The van der Waals surface area contributed by atoms with E-state index in [2.05, 4.69) is 5.32 Å². The van der Waals surface area contributed by atoms with Crippen LogP contribution in [-0.4, -0.2) is 35.4 Å². The van der Waals surface area contributed by atoms with E-state index in [9.17, 15) is 4.79 Å². The number of benzene rings is 1. The van der Waals surface area contributed by atoms with Gasteiger partial charge >= 0.3 is 0 Å². The smallest absolute Gasteiger partial charge is 0.251 e. The number of hydrogen-bond acceptors (Lipinski definition) is 3. The number of rotatable bonds is 5. The Hall–Kier alpha value is -1.10. The topological polar surface area (TPSA) is 69.6 Å². The lowest BCUT2D eigenvalue weighted by molar-refractivity contribution is 0.0879. The molecule has 0 saturated heterocycles. The molecule has 0 saturated carbocycles. The molecule has 0 unspecified atom stereocenters. The highest BCUT2D eigenvalue weighted by molar-refractivity contribution is 6.17. The maximum absolute atomic E-state index is 11.7. The first kappa shape index (κ1) is 13.0. The van der Waals surface area contributed by atoms with Crippen LogP contribution in [-0.2, 0) is 5.88 Å². The summed E-state index contributed by atoms with van der Waals surface area (Å²) in [6, 6.07) is 6.25. The van der Waals surface area contributed by atoms with Gasteiger partial charge in [-0.2, -0.15) is 0 Å². The zero-order valence-corrected chi connectivity index (χ0v) is 9.44. The summed E-state index contributed by atoms with van der Waals surface area (Å²) in [7, 11) is 0. The number of carbonyl (C=O) groups is 1. The van der Waals surface area contributed by atoms with Crippen LogP contribution in [0.1, 0.15) is 15.9 Å². The summed E-state index contributed by atoms with van der Waals surface area (Å²) in [5, 5.41) is 20.2. The maximum Gasteiger partial charge on any atom is 0.251 e. The molecule has 1 rings (SSSR count). The Bertz CT molecular complexity index is 353. The molecule has 16 heavy (non-hydrogen) atoms. The van der Waals surface area contributed by atoms with Gasteiger partial charge in [0.1, 0.15) is 0 Å². The van der Waals surface area contributed by atoms with Crippen molar-refractivity contribution in [2.75, 3.05) is 13.2 Å². The molecule has 1 aromatic carbocycles. The van der Waals surface area contributed by atoms with E-state index >= 15 is 0 Å². The Labute approximate surface area is 98.9 Å². The van der Waals surface area contributed by atoms with Crippen LogP contribution in [0.4, 0.5) is 0 Å². The molecule has 88 valence electrons. The fourth-order valence-corrected chi connectivity index (χ4v) is 1.38. The summed E-state index contributed by atoms with van der Waals surface area (Å²) in [5.41, 5.74) is 1.31. The number of halogens is 1. The van der Waals surface area contributed by atoms with Crippen LogP contribution in [0.25, 0.3) is 0 Å². The number of aliphatic hydroxyl groups excluding tert-OH is 2. The van der Waals surface area contributed by atoms with E-state index in [0.29, 0.717) is 11.4 Å². The zero-order valence-electron chi connectivity index (χ0n) is 8.69. The van der Waals surface area contributed by atoms with Crippen molar-refractivity contribution in [3.05, 3.63) is 35.4 Å². The lowest BCUT2D eigenvalue weighted by Crippen LogP contribution is -2.40. The third-order valence-corrected chi connectivity index (χ3v) is 2.43. The molecule has 0 radical (unpaired) electrons. The molecule has 0 heterocycles. The van der Waals surface area contributed by atoms with Crippen molar-refractivity contribution in [2.45, 2.75) is 11.9 Å². The third-order valence-electron chi connectivity index (χ3n) is 2.12. The minimum atomic E-state index is -0.632. The van der Waals surface area contributed by atoms with E-state index < -0.39 is 6.04 Å². The fourth-order valence-electron chi connectivity index (χ4n) is 1.21. The van der Waals surface area contributed by atoms with Crippen molar-refractivity contribution in [3.63, 3.8) is 0 Å². The first-order chi connectivity index (χ1) is 7.71. The predicted molar refractivity (Wildman–Crippen MR) is 61.4 cm³/mol. The molecular formula is C11H14ClNO3. The van der Waals surface area contributed by atoms with Crippen LogP contribution in [0, 0.1) is 0 Å². The van der Waals surface area contributed by atoms with Crippen molar-refractivity contribution in [1.29, 1.82) is 0 Å². The molecule has 0 bridgehead atoms. The van der Waals surface area contributed by atoms with E-state index in [1.165, 1.54) is 0 Å². The highest BCUT2D eigenvalue weighted by Gasteiger charge is 2.11. The molecule has 0 aliphatic carbocycles. The summed E-state index contributed by atoms with van der Waals surface area (Å²) in [6.07, 6.45) is 0. The van der Waals surface area contributed by atoms with Crippen molar-refractivity contribution < 1.29 is 15.0 Å². The normalized spacial score (nSPS) is 10.5. The lowest BCUT2D eigenvalue weighted by atomic mass is 10.1. The van der Waals surface area contributed by atoms with Crippen molar-refractivity contribution in [1.82, 2.24) is 5.32 Å². The van der Waals surface area contributed by atoms with Crippen LogP contribution in [0.15, 0.2) is 24.3 Å². The van der Waals surface area contributed by atoms with Gasteiger partial charge < -0.3 is 15.5 Å². The van der Waals surface area contributed by atoms with Crippen LogP contribution < -0.4 is 5.32 Å². The second kappa shape index (κ2) is 6.48. The molecule has 0 aliphatic rings. The van der Waals surface area contributed by atoms with Gasteiger partial charge in [0.15, 0.2) is 0 Å². The molecule has 5 heteroatoms. The standard InChI is InChI=1S/C11H14ClNO3/c12-5-8-2-1-3-9(4-8)11(16)13-10(6-14)7-15/h1-4,10,14-15H,5-7H2,(H,13,16). The molecule has 1 aromatic rings. The van der Waals surface area contributed by atoms with Gasteiger partial charge in [0.05, 0.1) is 19.3 Å². The molecule has 0 atom stereocenters. The van der Waals surface area contributed by atoms with Crippen molar-refractivity contribution >= 4 is 17.5 Å². The second-order valence-corrected chi connectivity index (χ2v) is 3.64. The fraction of sp³-hybridized carbons (Fsp3) is 0.364. The first-order valence-electron chi connectivity index (χ1n) is 4.88. The maximum atomic E-state index is 11.7. The lowest BCUT2D eigenvalue weighted by Gasteiger charge is -2.13.